The van der Waals surface area contributed by atoms with Crippen molar-refractivity contribution in [2.45, 2.75) is 17.9 Å². The van der Waals surface area contributed by atoms with Crippen molar-refractivity contribution in [3.8, 4) is 11.5 Å². The van der Waals surface area contributed by atoms with Gasteiger partial charge in [0.25, 0.3) is 5.91 Å². The predicted molar refractivity (Wildman–Crippen MR) is 120 cm³/mol. The van der Waals surface area contributed by atoms with Crippen molar-refractivity contribution in [3.05, 3.63) is 69.9 Å². The van der Waals surface area contributed by atoms with Gasteiger partial charge in [0.1, 0.15) is 11.5 Å². The third-order valence-corrected chi connectivity index (χ3v) is 8.03. The van der Waals surface area contributed by atoms with E-state index in [1.807, 2.05) is 11.4 Å². The summed E-state index contributed by atoms with van der Waals surface area (Å²) in [6, 6.07) is 13.1. The number of carbonyl (C=O) groups excluding carboxylic acids is 1. The van der Waals surface area contributed by atoms with Crippen molar-refractivity contribution in [1.29, 1.82) is 0 Å². The maximum atomic E-state index is 13.2. The lowest BCUT2D eigenvalue weighted by Crippen LogP contribution is -2.35. The SMILES string of the molecule is COc1ccc(OC)c(NC(=O)c2cccc(S(=O)(=O)N3CCc4sccc4C3)c2)c1. The summed E-state index contributed by atoms with van der Waals surface area (Å²) in [7, 11) is -0.690. The van der Waals surface area contributed by atoms with E-state index in [4.69, 9.17) is 9.47 Å². The van der Waals surface area contributed by atoms with Crippen molar-refractivity contribution in [2.24, 2.45) is 0 Å². The van der Waals surface area contributed by atoms with Gasteiger partial charge in [-0.2, -0.15) is 4.31 Å². The summed E-state index contributed by atoms with van der Waals surface area (Å²) in [5.74, 6) is 0.588. The molecule has 1 aromatic heterocycles. The van der Waals surface area contributed by atoms with Crippen LogP contribution in [0.2, 0.25) is 0 Å². The average Bonchev–Trinajstić information content (AvgIpc) is 3.27. The Labute approximate surface area is 185 Å². The molecule has 0 aliphatic carbocycles. The highest BCUT2D eigenvalue weighted by Crippen LogP contribution is 2.30. The highest BCUT2D eigenvalue weighted by Gasteiger charge is 2.29. The quantitative estimate of drug-likeness (QED) is 0.608. The second-order valence-electron chi connectivity index (χ2n) is 7.01. The Balaban J connectivity index is 1.58. The molecule has 4 rings (SSSR count). The van der Waals surface area contributed by atoms with Crippen molar-refractivity contribution in [1.82, 2.24) is 4.31 Å². The zero-order valence-corrected chi connectivity index (χ0v) is 18.8. The van der Waals surface area contributed by atoms with Crippen LogP contribution in [0.1, 0.15) is 20.8 Å². The van der Waals surface area contributed by atoms with E-state index in [0.29, 0.717) is 36.7 Å². The van der Waals surface area contributed by atoms with E-state index in [1.54, 1.807) is 41.7 Å². The molecule has 0 saturated heterocycles. The number of fused-ring (bicyclic) bond motifs is 1. The van der Waals surface area contributed by atoms with Crippen LogP contribution in [0.5, 0.6) is 11.5 Å². The molecule has 0 spiro atoms. The molecule has 0 bridgehead atoms. The number of sulfonamides is 1. The van der Waals surface area contributed by atoms with Gasteiger partial charge in [0.2, 0.25) is 10.0 Å². The number of nitrogens with zero attached hydrogens (tertiary/aromatic N) is 1. The highest BCUT2D eigenvalue weighted by atomic mass is 32.2. The normalized spacial score (nSPS) is 14.0. The molecule has 162 valence electrons. The van der Waals surface area contributed by atoms with Crippen LogP contribution in [0, 0.1) is 0 Å². The Morgan fingerprint density at radius 2 is 1.94 bits per heavy atom. The van der Waals surface area contributed by atoms with Crippen LogP contribution in [-0.4, -0.2) is 39.4 Å². The fraction of sp³-hybridized carbons (Fsp3) is 0.227. The molecule has 3 aromatic rings. The van der Waals surface area contributed by atoms with Crippen LogP contribution in [0.25, 0.3) is 0 Å². The van der Waals surface area contributed by atoms with Gasteiger partial charge in [-0.3, -0.25) is 4.79 Å². The van der Waals surface area contributed by atoms with Crippen LogP contribution in [0.3, 0.4) is 0 Å². The van der Waals surface area contributed by atoms with E-state index >= 15 is 0 Å². The van der Waals surface area contributed by atoms with Gasteiger partial charge < -0.3 is 14.8 Å². The van der Waals surface area contributed by atoms with Gasteiger partial charge in [0, 0.05) is 29.6 Å². The number of nitrogens with one attached hydrogen (secondary N) is 1. The van der Waals surface area contributed by atoms with Crippen molar-refractivity contribution >= 4 is 33.0 Å². The monoisotopic (exact) mass is 458 g/mol. The van der Waals surface area contributed by atoms with E-state index in [-0.39, 0.29) is 10.5 Å². The lowest BCUT2D eigenvalue weighted by atomic mass is 10.1. The fourth-order valence-electron chi connectivity index (χ4n) is 3.48. The number of hydrogen-bond donors (Lipinski definition) is 1. The Bertz CT molecular complexity index is 1220. The molecule has 1 N–H and O–H groups in total. The maximum Gasteiger partial charge on any atom is 0.255 e. The smallest absolute Gasteiger partial charge is 0.255 e. The first-order valence-corrected chi connectivity index (χ1v) is 11.9. The molecule has 1 aliphatic rings. The summed E-state index contributed by atoms with van der Waals surface area (Å²) in [5.41, 5.74) is 1.71. The standard InChI is InChI=1S/C22H22N2O5S2/c1-28-17-6-7-20(29-2)19(13-17)23-22(25)15-4-3-5-18(12-15)31(26,27)24-10-8-21-16(14-24)9-11-30-21/h3-7,9,11-13H,8,10,14H2,1-2H3,(H,23,25). The zero-order chi connectivity index (χ0) is 22.0. The maximum absolute atomic E-state index is 13.2. The van der Waals surface area contributed by atoms with Gasteiger partial charge in [-0.25, -0.2) is 8.42 Å². The van der Waals surface area contributed by atoms with Gasteiger partial charge in [-0.05, 0) is 53.8 Å². The highest BCUT2D eigenvalue weighted by molar-refractivity contribution is 7.89. The Morgan fingerprint density at radius 3 is 2.71 bits per heavy atom. The molecule has 31 heavy (non-hydrogen) atoms. The largest absolute Gasteiger partial charge is 0.497 e. The van der Waals surface area contributed by atoms with Gasteiger partial charge >= 0.3 is 0 Å². The van der Waals surface area contributed by atoms with Crippen molar-refractivity contribution in [2.75, 3.05) is 26.1 Å². The lowest BCUT2D eigenvalue weighted by molar-refractivity contribution is 0.102. The third-order valence-electron chi connectivity index (χ3n) is 5.16. The van der Waals surface area contributed by atoms with Crippen LogP contribution >= 0.6 is 11.3 Å². The summed E-state index contributed by atoms with van der Waals surface area (Å²) in [6.45, 7) is 0.770. The molecule has 2 heterocycles. The molecule has 0 atom stereocenters. The second-order valence-corrected chi connectivity index (χ2v) is 9.94. The van der Waals surface area contributed by atoms with Crippen LogP contribution in [0.4, 0.5) is 5.69 Å². The number of rotatable bonds is 6. The molecular weight excluding hydrogens is 436 g/mol. The lowest BCUT2D eigenvalue weighted by Gasteiger charge is -2.26. The van der Waals surface area contributed by atoms with Gasteiger partial charge in [0.05, 0.1) is 24.8 Å². The number of ether oxygens (including phenoxy) is 2. The number of carbonyl (C=O) groups is 1. The summed E-state index contributed by atoms with van der Waals surface area (Å²) in [5, 5.41) is 4.75. The molecule has 1 amide bonds. The van der Waals surface area contributed by atoms with Crippen molar-refractivity contribution < 1.29 is 22.7 Å². The molecule has 2 aromatic carbocycles. The van der Waals surface area contributed by atoms with Crippen LogP contribution in [-0.2, 0) is 23.0 Å². The van der Waals surface area contributed by atoms with E-state index in [9.17, 15) is 13.2 Å². The van der Waals surface area contributed by atoms with Crippen molar-refractivity contribution in [3.63, 3.8) is 0 Å². The van der Waals surface area contributed by atoms with E-state index in [1.165, 1.54) is 35.5 Å². The first-order chi connectivity index (χ1) is 14.9. The molecule has 0 radical (unpaired) electrons. The number of amides is 1. The summed E-state index contributed by atoms with van der Waals surface area (Å²) in [4.78, 5) is 14.2. The number of hydrogen-bond acceptors (Lipinski definition) is 6. The van der Waals surface area contributed by atoms with E-state index in [2.05, 4.69) is 5.32 Å². The molecule has 7 nitrogen and oxygen atoms in total. The number of thiophene rings is 1. The number of benzene rings is 2. The minimum atomic E-state index is -3.72. The molecule has 1 aliphatic heterocycles. The van der Waals surface area contributed by atoms with Crippen LogP contribution < -0.4 is 14.8 Å². The second kappa shape index (κ2) is 8.70. The Hall–Kier alpha value is -2.88. The Morgan fingerprint density at radius 1 is 1.10 bits per heavy atom. The Kier molecular flexibility index (Phi) is 5.99. The first-order valence-electron chi connectivity index (χ1n) is 9.61. The molecule has 0 fully saturated rings. The summed E-state index contributed by atoms with van der Waals surface area (Å²) >= 11 is 1.65. The zero-order valence-electron chi connectivity index (χ0n) is 17.1. The molecule has 9 heteroatoms. The summed E-state index contributed by atoms with van der Waals surface area (Å²) < 4.78 is 38.3. The number of methoxy groups -OCH3 is 2. The predicted octanol–water partition coefficient (Wildman–Crippen LogP) is 3.76. The van der Waals surface area contributed by atoms with Crippen LogP contribution in [0.15, 0.2) is 58.8 Å². The van der Waals surface area contributed by atoms with E-state index in [0.717, 1.165) is 5.56 Å². The topological polar surface area (TPSA) is 84.9 Å². The minimum Gasteiger partial charge on any atom is -0.497 e. The molecule has 0 unspecified atom stereocenters. The third kappa shape index (κ3) is 4.30. The minimum absolute atomic E-state index is 0.0939. The van der Waals surface area contributed by atoms with E-state index < -0.39 is 15.9 Å². The number of anilines is 1. The molecule has 0 saturated carbocycles. The first kappa shape index (κ1) is 21.4. The van der Waals surface area contributed by atoms with Gasteiger partial charge in [-0.15, -0.1) is 11.3 Å². The van der Waals surface area contributed by atoms with Gasteiger partial charge in [-0.1, -0.05) is 6.07 Å². The molecular formula is C22H22N2O5S2. The summed E-state index contributed by atoms with van der Waals surface area (Å²) in [6.07, 6.45) is 0.696. The fourth-order valence-corrected chi connectivity index (χ4v) is 5.84. The van der Waals surface area contributed by atoms with Gasteiger partial charge in [0.15, 0.2) is 0 Å². The average molecular weight is 459 g/mol.